The topological polar surface area (TPSA) is 85.2 Å². The fraction of sp³-hybridized carbons (Fsp3) is 0.111. The van der Waals surface area contributed by atoms with Crippen LogP contribution in [-0.2, 0) is 20.0 Å². The van der Waals surface area contributed by atoms with Crippen LogP contribution in [0.4, 0.5) is 5.69 Å². The van der Waals surface area contributed by atoms with E-state index in [1.165, 1.54) is 50.2 Å². The molecule has 0 unspecified atom stereocenters. The Bertz CT molecular complexity index is 1230. The molecule has 28 heavy (non-hydrogen) atoms. The Morgan fingerprint density at radius 2 is 1.43 bits per heavy atom. The highest BCUT2D eigenvalue weighted by atomic mass is 35.5. The second-order valence-electron chi connectivity index (χ2n) is 6.08. The first-order chi connectivity index (χ1) is 13.0. The van der Waals surface area contributed by atoms with Crippen LogP contribution in [0.25, 0.3) is 0 Å². The van der Waals surface area contributed by atoms with Crippen molar-refractivity contribution in [1.29, 1.82) is 0 Å². The van der Waals surface area contributed by atoms with E-state index >= 15 is 0 Å². The standard InChI is InChI=1S/C18H16Cl2N2O4S2/c1-12-8-18(27(23,24)21-16-10-14(19)9-15(20)11-16)13(2)22(12)28(25,26)17-6-4-3-5-7-17/h3-11,21H,1-2H3. The van der Waals surface area contributed by atoms with Crippen LogP contribution in [0.2, 0.25) is 10.0 Å². The van der Waals surface area contributed by atoms with Crippen molar-refractivity contribution in [2.45, 2.75) is 23.6 Å². The molecule has 6 nitrogen and oxygen atoms in total. The number of rotatable bonds is 5. The van der Waals surface area contributed by atoms with Crippen molar-refractivity contribution in [3.63, 3.8) is 0 Å². The van der Waals surface area contributed by atoms with Gasteiger partial charge >= 0.3 is 0 Å². The van der Waals surface area contributed by atoms with Gasteiger partial charge in [0.15, 0.2) is 0 Å². The predicted octanol–water partition coefficient (Wildman–Crippen LogP) is 4.45. The van der Waals surface area contributed by atoms with Gasteiger partial charge in [0, 0.05) is 15.7 Å². The third-order valence-corrected chi connectivity index (χ3v) is 7.85. The number of aryl methyl sites for hydroxylation is 1. The minimum atomic E-state index is -4.07. The first kappa shape index (κ1) is 20.7. The summed E-state index contributed by atoms with van der Waals surface area (Å²) in [5.74, 6) is 0. The van der Waals surface area contributed by atoms with Gasteiger partial charge in [0.25, 0.3) is 20.0 Å². The number of nitrogens with zero attached hydrogens (tertiary/aromatic N) is 1. The highest BCUT2D eigenvalue weighted by molar-refractivity contribution is 7.93. The van der Waals surface area contributed by atoms with Gasteiger partial charge in [-0.1, -0.05) is 41.4 Å². The second-order valence-corrected chi connectivity index (χ2v) is 10.4. The molecule has 1 heterocycles. The lowest BCUT2D eigenvalue weighted by molar-refractivity contribution is 0.584. The van der Waals surface area contributed by atoms with Crippen LogP contribution < -0.4 is 4.72 Å². The summed E-state index contributed by atoms with van der Waals surface area (Å²) in [7, 11) is -8.02. The van der Waals surface area contributed by atoms with Gasteiger partial charge in [0.1, 0.15) is 4.90 Å². The maximum atomic E-state index is 13.0. The van der Waals surface area contributed by atoms with Gasteiger partial charge < -0.3 is 0 Å². The fourth-order valence-electron chi connectivity index (χ4n) is 2.88. The molecule has 0 radical (unpaired) electrons. The van der Waals surface area contributed by atoms with Crippen LogP contribution in [0, 0.1) is 13.8 Å². The van der Waals surface area contributed by atoms with Gasteiger partial charge in [0.05, 0.1) is 16.3 Å². The number of nitrogens with one attached hydrogen (secondary N) is 1. The monoisotopic (exact) mass is 458 g/mol. The Kier molecular flexibility index (Phi) is 5.51. The van der Waals surface area contributed by atoms with Crippen LogP contribution >= 0.6 is 23.2 Å². The molecule has 0 bridgehead atoms. The first-order valence-electron chi connectivity index (χ1n) is 8.01. The van der Waals surface area contributed by atoms with Crippen molar-refractivity contribution < 1.29 is 16.8 Å². The molecule has 0 amide bonds. The molecule has 0 aliphatic rings. The summed E-state index contributed by atoms with van der Waals surface area (Å²) in [5.41, 5.74) is 0.515. The summed E-state index contributed by atoms with van der Waals surface area (Å²) < 4.78 is 55.1. The number of sulfonamides is 1. The third kappa shape index (κ3) is 3.91. The van der Waals surface area contributed by atoms with E-state index in [2.05, 4.69) is 4.72 Å². The van der Waals surface area contributed by atoms with E-state index < -0.39 is 20.0 Å². The molecule has 2 aromatic carbocycles. The zero-order chi connectivity index (χ0) is 20.7. The van der Waals surface area contributed by atoms with E-state index in [1.807, 2.05) is 0 Å². The lowest BCUT2D eigenvalue weighted by Gasteiger charge is -2.12. The maximum absolute atomic E-state index is 13.0. The summed E-state index contributed by atoms with van der Waals surface area (Å²) in [4.78, 5) is -0.0871. The Hall–Kier alpha value is -2.00. The SMILES string of the molecule is Cc1cc(S(=O)(=O)Nc2cc(Cl)cc(Cl)c2)c(C)n1S(=O)(=O)c1ccccc1. The minimum Gasteiger partial charge on any atom is -0.279 e. The largest absolute Gasteiger partial charge is 0.279 e. The van der Waals surface area contributed by atoms with Crippen LogP contribution in [-0.4, -0.2) is 20.8 Å². The van der Waals surface area contributed by atoms with E-state index in [4.69, 9.17) is 23.2 Å². The molecular weight excluding hydrogens is 443 g/mol. The van der Waals surface area contributed by atoms with Gasteiger partial charge in [0.2, 0.25) is 0 Å². The van der Waals surface area contributed by atoms with Crippen molar-refractivity contribution >= 4 is 48.9 Å². The summed E-state index contributed by atoms with van der Waals surface area (Å²) in [6.45, 7) is 2.97. The van der Waals surface area contributed by atoms with Crippen LogP contribution in [0.5, 0.6) is 0 Å². The molecule has 0 aliphatic carbocycles. The van der Waals surface area contributed by atoms with E-state index in [1.54, 1.807) is 18.2 Å². The smallest absolute Gasteiger partial charge is 0.268 e. The highest BCUT2D eigenvalue weighted by Crippen LogP contribution is 2.29. The van der Waals surface area contributed by atoms with Gasteiger partial charge in [-0.25, -0.2) is 20.8 Å². The Balaban J connectivity index is 2.08. The summed E-state index contributed by atoms with van der Waals surface area (Å²) >= 11 is 11.8. The molecular formula is C18H16Cl2N2O4S2. The van der Waals surface area contributed by atoms with Crippen molar-refractivity contribution in [2.24, 2.45) is 0 Å². The average Bonchev–Trinajstić information content (AvgIpc) is 2.90. The number of anilines is 1. The lowest BCUT2D eigenvalue weighted by Crippen LogP contribution is -2.18. The first-order valence-corrected chi connectivity index (χ1v) is 11.7. The molecule has 0 saturated carbocycles. The molecule has 0 saturated heterocycles. The average molecular weight is 459 g/mol. The molecule has 0 aliphatic heterocycles. The molecule has 1 aromatic heterocycles. The fourth-order valence-corrected chi connectivity index (χ4v) is 6.41. The second kappa shape index (κ2) is 7.44. The van der Waals surface area contributed by atoms with Crippen molar-refractivity contribution in [3.8, 4) is 0 Å². The van der Waals surface area contributed by atoms with Crippen molar-refractivity contribution in [1.82, 2.24) is 3.97 Å². The molecule has 0 fully saturated rings. The van der Waals surface area contributed by atoms with Crippen LogP contribution in [0.3, 0.4) is 0 Å². The zero-order valence-corrected chi connectivity index (χ0v) is 18.0. The third-order valence-electron chi connectivity index (χ3n) is 4.01. The molecule has 3 aromatic rings. The number of halogens is 2. The summed E-state index contributed by atoms with van der Waals surface area (Å²) in [6, 6.07) is 13.4. The summed E-state index contributed by atoms with van der Waals surface area (Å²) in [5, 5.41) is 0.532. The van der Waals surface area contributed by atoms with Crippen LogP contribution in [0.15, 0.2) is 64.4 Å². The van der Waals surface area contributed by atoms with E-state index in [-0.39, 0.29) is 36.9 Å². The highest BCUT2D eigenvalue weighted by Gasteiger charge is 2.28. The number of hydrogen-bond acceptors (Lipinski definition) is 4. The predicted molar refractivity (Wildman–Crippen MR) is 110 cm³/mol. The maximum Gasteiger partial charge on any atom is 0.268 e. The molecule has 3 rings (SSSR count). The molecule has 148 valence electrons. The Morgan fingerprint density at radius 1 is 0.857 bits per heavy atom. The van der Waals surface area contributed by atoms with E-state index in [0.29, 0.717) is 0 Å². The van der Waals surface area contributed by atoms with E-state index in [9.17, 15) is 16.8 Å². The van der Waals surface area contributed by atoms with Crippen molar-refractivity contribution in [2.75, 3.05) is 4.72 Å². The van der Waals surface area contributed by atoms with Crippen LogP contribution in [0.1, 0.15) is 11.4 Å². The quantitative estimate of drug-likeness (QED) is 0.611. The minimum absolute atomic E-state index is 0.0651. The van der Waals surface area contributed by atoms with Gasteiger partial charge in [-0.15, -0.1) is 0 Å². The van der Waals surface area contributed by atoms with Crippen molar-refractivity contribution in [3.05, 3.63) is 76.0 Å². The Morgan fingerprint density at radius 3 is 2.00 bits per heavy atom. The number of benzene rings is 2. The molecule has 10 heteroatoms. The van der Waals surface area contributed by atoms with E-state index in [0.717, 1.165) is 3.97 Å². The summed E-state index contributed by atoms with van der Waals surface area (Å²) in [6.07, 6.45) is 0. The molecule has 0 spiro atoms. The van der Waals surface area contributed by atoms with Gasteiger partial charge in [-0.05, 0) is 50.2 Å². The lowest BCUT2D eigenvalue weighted by atomic mass is 10.3. The van der Waals surface area contributed by atoms with Gasteiger partial charge in [-0.2, -0.15) is 0 Å². The number of hydrogen-bond donors (Lipinski definition) is 1. The van der Waals surface area contributed by atoms with Gasteiger partial charge in [-0.3, -0.25) is 4.72 Å². The molecule has 0 atom stereocenters. The molecule has 1 N–H and O–H groups in total. The normalized spacial score (nSPS) is 12.1. The number of aromatic nitrogens is 1. The Labute approximate surface area is 173 Å². The zero-order valence-electron chi connectivity index (χ0n) is 14.8.